The highest BCUT2D eigenvalue weighted by atomic mass is 35.5. The summed E-state index contributed by atoms with van der Waals surface area (Å²) >= 11 is 11.5. The molecule has 0 aliphatic carbocycles. The van der Waals surface area contributed by atoms with E-state index in [4.69, 9.17) is 33.3 Å². The third-order valence-electron chi connectivity index (χ3n) is 4.06. The number of rotatable bonds is 5. The van der Waals surface area contributed by atoms with E-state index in [2.05, 4.69) is 30.4 Å². The molecule has 8 nitrogen and oxygen atoms in total. The molecule has 0 bridgehead atoms. The van der Waals surface area contributed by atoms with Crippen molar-refractivity contribution in [3.63, 3.8) is 0 Å². The van der Waals surface area contributed by atoms with Gasteiger partial charge >= 0.3 is 0 Å². The van der Waals surface area contributed by atoms with Gasteiger partial charge in [0, 0.05) is 45.3 Å². The van der Waals surface area contributed by atoms with Crippen molar-refractivity contribution in [2.75, 3.05) is 75.9 Å². The van der Waals surface area contributed by atoms with Crippen LogP contribution in [0.4, 0.5) is 11.8 Å². The van der Waals surface area contributed by atoms with Crippen molar-refractivity contribution in [3.8, 4) is 0 Å². The summed E-state index contributed by atoms with van der Waals surface area (Å²) in [4.78, 5) is 13.2. The van der Waals surface area contributed by atoms with E-state index < -0.39 is 0 Å². The van der Waals surface area contributed by atoms with Gasteiger partial charge in [-0.15, -0.1) is 0 Å². The second-order valence-corrected chi connectivity index (χ2v) is 6.60. The Hall–Kier alpha value is -1.26. The van der Waals surface area contributed by atoms with Gasteiger partial charge in [-0.2, -0.15) is 4.98 Å². The van der Waals surface area contributed by atoms with Crippen LogP contribution in [0.2, 0.25) is 5.15 Å². The molecule has 10 heteroatoms. The maximum atomic E-state index is 6.13. The summed E-state index contributed by atoms with van der Waals surface area (Å²) < 4.78 is 10.7. The van der Waals surface area contributed by atoms with E-state index in [1.807, 2.05) is 0 Å². The van der Waals surface area contributed by atoms with Gasteiger partial charge in [0.25, 0.3) is 0 Å². The largest absolute Gasteiger partial charge is 0.379 e. The fraction of sp³-hybridized carbons (Fsp3) is 0.667. The third-order valence-corrected chi connectivity index (χ3v) is 4.50. The Morgan fingerprint density at radius 3 is 2.52 bits per heavy atom. The molecule has 3 rings (SSSR count). The molecule has 2 fully saturated rings. The van der Waals surface area contributed by atoms with Crippen LogP contribution in [0, 0.1) is 0 Å². The Bertz CT molecular complexity index is 581. The molecule has 2 saturated heterocycles. The minimum Gasteiger partial charge on any atom is -0.379 e. The Morgan fingerprint density at radius 2 is 1.80 bits per heavy atom. The number of anilines is 2. The van der Waals surface area contributed by atoms with Gasteiger partial charge in [-0.25, -0.2) is 4.98 Å². The lowest BCUT2D eigenvalue weighted by molar-refractivity contribution is 0.0389. The van der Waals surface area contributed by atoms with Crippen LogP contribution in [0.25, 0.3) is 0 Å². The highest BCUT2D eigenvalue weighted by molar-refractivity contribution is 7.80. The Labute approximate surface area is 157 Å². The van der Waals surface area contributed by atoms with Crippen LogP contribution in [-0.4, -0.2) is 85.7 Å². The van der Waals surface area contributed by atoms with Crippen molar-refractivity contribution in [3.05, 3.63) is 11.2 Å². The minimum absolute atomic E-state index is 0.384. The highest BCUT2D eigenvalue weighted by Gasteiger charge is 2.15. The van der Waals surface area contributed by atoms with E-state index in [0.29, 0.717) is 29.4 Å². The van der Waals surface area contributed by atoms with Crippen molar-refractivity contribution in [1.82, 2.24) is 20.2 Å². The predicted molar refractivity (Wildman–Crippen MR) is 102 cm³/mol. The van der Waals surface area contributed by atoms with E-state index >= 15 is 0 Å². The van der Waals surface area contributed by atoms with Crippen LogP contribution < -0.4 is 15.5 Å². The Morgan fingerprint density at radius 1 is 1.12 bits per heavy atom. The summed E-state index contributed by atoms with van der Waals surface area (Å²) in [6.45, 7) is 8.13. The quantitative estimate of drug-likeness (QED) is 0.558. The lowest BCUT2D eigenvalue weighted by Crippen LogP contribution is -2.42. The molecule has 1 aromatic heterocycles. The molecule has 0 saturated carbocycles. The van der Waals surface area contributed by atoms with Crippen molar-refractivity contribution >= 4 is 40.7 Å². The Kier molecular flexibility index (Phi) is 7.00. The summed E-state index contributed by atoms with van der Waals surface area (Å²) in [5, 5.41) is 7.06. The first-order chi connectivity index (χ1) is 12.2. The number of nitrogens with zero attached hydrogens (tertiary/aromatic N) is 4. The van der Waals surface area contributed by atoms with Crippen molar-refractivity contribution < 1.29 is 9.47 Å². The number of thiocarbonyl (C=S) groups is 1. The van der Waals surface area contributed by atoms with Crippen LogP contribution >= 0.6 is 23.8 Å². The van der Waals surface area contributed by atoms with Gasteiger partial charge in [-0.1, -0.05) is 11.6 Å². The van der Waals surface area contributed by atoms with E-state index in [9.17, 15) is 0 Å². The fourth-order valence-corrected chi connectivity index (χ4v) is 3.09. The monoisotopic (exact) mass is 386 g/mol. The summed E-state index contributed by atoms with van der Waals surface area (Å²) in [7, 11) is 0. The number of aromatic nitrogens is 2. The second kappa shape index (κ2) is 9.44. The van der Waals surface area contributed by atoms with Crippen LogP contribution in [0.15, 0.2) is 6.07 Å². The molecule has 0 unspecified atom stereocenters. The van der Waals surface area contributed by atoms with Crippen molar-refractivity contribution in [1.29, 1.82) is 0 Å². The zero-order valence-corrected chi connectivity index (χ0v) is 15.6. The zero-order chi connectivity index (χ0) is 17.5. The average molecular weight is 387 g/mol. The van der Waals surface area contributed by atoms with Crippen LogP contribution in [-0.2, 0) is 9.47 Å². The SMILES string of the molecule is S=C(NCCN1CCOCC1)Nc1nc(Cl)cc(N2CCOCC2)n1. The number of hydrogen-bond acceptors (Lipinski definition) is 7. The van der Waals surface area contributed by atoms with Crippen molar-refractivity contribution in [2.24, 2.45) is 0 Å². The first kappa shape index (κ1) is 18.5. The van der Waals surface area contributed by atoms with Gasteiger partial charge in [0.05, 0.1) is 26.4 Å². The molecule has 25 heavy (non-hydrogen) atoms. The average Bonchev–Trinajstić information content (AvgIpc) is 2.63. The molecular formula is C15H23ClN6O2S. The minimum atomic E-state index is 0.384. The molecule has 3 heterocycles. The molecule has 0 atom stereocenters. The van der Waals surface area contributed by atoms with E-state index in [1.165, 1.54) is 0 Å². The zero-order valence-electron chi connectivity index (χ0n) is 14.0. The number of nitrogens with one attached hydrogen (secondary N) is 2. The first-order valence-corrected chi connectivity index (χ1v) is 9.21. The maximum absolute atomic E-state index is 6.13. The lowest BCUT2D eigenvalue weighted by Gasteiger charge is -2.28. The molecular weight excluding hydrogens is 364 g/mol. The molecule has 2 aliphatic rings. The molecule has 2 aliphatic heterocycles. The molecule has 0 aromatic carbocycles. The second-order valence-electron chi connectivity index (χ2n) is 5.81. The van der Waals surface area contributed by atoms with Crippen molar-refractivity contribution in [2.45, 2.75) is 0 Å². The van der Waals surface area contributed by atoms with E-state index in [-0.39, 0.29) is 0 Å². The summed E-state index contributed by atoms with van der Waals surface area (Å²) in [5.74, 6) is 1.18. The smallest absolute Gasteiger partial charge is 0.232 e. The van der Waals surface area contributed by atoms with Crippen LogP contribution in [0.1, 0.15) is 0 Å². The molecule has 138 valence electrons. The van der Waals surface area contributed by atoms with Gasteiger partial charge in [0.15, 0.2) is 5.11 Å². The highest BCUT2D eigenvalue weighted by Crippen LogP contribution is 2.19. The van der Waals surface area contributed by atoms with E-state index in [1.54, 1.807) is 6.07 Å². The summed E-state index contributed by atoms with van der Waals surface area (Å²) in [6.07, 6.45) is 0. The molecule has 0 radical (unpaired) electrons. The van der Waals surface area contributed by atoms with Gasteiger partial charge < -0.3 is 25.0 Å². The number of hydrogen-bond donors (Lipinski definition) is 2. The lowest BCUT2D eigenvalue weighted by atomic mass is 10.4. The van der Waals surface area contributed by atoms with Crippen LogP contribution in [0.3, 0.4) is 0 Å². The van der Waals surface area contributed by atoms with E-state index in [0.717, 1.165) is 58.3 Å². The number of halogens is 1. The third kappa shape index (κ3) is 5.89. The topological polar surface area (TPSA) is 74.8 Å². The Balaban J connectivity index is 1.49. The summed E-state index contributed by atoms with van der Waals surface area (Å²) in [5.41, 5.74) is 0. The first-order valence-electron chi connectivity index (χ1n) is 8.43. The fourth-order valence-electron chi connectivity index (χ4n) is 2.71. The van der Waals surface area contributed by atoms with Gasteiger partial charge in [0.1, 0.15) is 11.0 Å². The van der Waals surface area contributed by atoms with Crippen LogP contribution in [0.5, 0.6) is 0 Å². The predicted octanol–water partition coefficient (Wildman–Crippen LogP) is 0.585. The van der Waals surface area contributed by atoms with Gasteiger partial charge in [0.2, 0.25) is 5.95 Å². The summed E-state index contributed by atoms with van der Waals surface area (Å²) in [6, 6.07) is 1.76. The standard InChI is InChI=1S/C15H23ClN6O2S/c16-12-11-13(22-5-9-24-10-6-22)19-14(18-12)20-15(25)17-1-2-21-3-7-23-8-4-21/h11H,1-10H2,(H2,17,18,19,20,25). The normalized spacial score (nSPS) is 18.8. The maximum Gasteiger partial charge on any atom is 0.232 e. The molecule has 0 amide bonds. The number of morpholine rings is 2. The molecule has 1 aromatic rings. The molecule has 2 N–H and O–H groups in total. The van der Waals surface area contributed by atoms with Gasteiger partial charge in [-0.05, 0) is 12.2 Å². The van der Waals surface area contributed by atoms with Gasteiger partial charge in [-0.3, -0.25) is 4.90 Å². The number of ether oxygens (including phenoxy) is 2. The molecule has 0 spiro atoms.